The van der Waals surface area contributed by atoms with Gasteiger partial charge in [0.2, 0.25) is 0 Å². The third kappa shape index (κ3) is 5.08. The van der Waals surface area contributed by atoms with Crippen molar-refractivity contribution in [3.05, 3.63) is 83.2 Å². The topological polar surface area (TPSA) is 77.9 Å². The molecule has 36 heavy (non-hydrogen) atoms. The Bertz CT molecular complexity index is 1210. The van der Waals surface area contributed by atoms with E-state index < -0.39 is 5.97 Å². The van der Waals surface area contributed by atoms with Crippen LogP contribution in [0, 0.1) is 0 Å². The summed E-state index contributed by atoms with van der Waals surface area (Å²) in [6.45, 7) is 3.27. The SMILES string of the molecule is CN(c1ccc(C2CCOCC2)cc1)c1ccc2c(c1)CCN(C)C2CNc1cnccc1C(=O)O. The molecule has 0 saturated carbocycles. The van der Waals surface area contributed by atoms with Crippen LogP contribution in [0.25, 0.3) is 0 Å². The summed E-state index contributed by atoms with van der Waals surface area (Å²) in [6.07, 6.45) is 6.28. The highest BCUT2D eigenvalue weighted by Crippen LogP contribution is 2.35. The van der Waals surface area contributed by atoms with E-state index in [1.54, 1.807) is 6.20 Å². The summed E-state index contributed by atoms with van der Waals surface area (Å²) < 4.78 is 5.51. The van der Waals surface area contributed by atoms with Gasteiger partial charge in [-0.1, -0.05) is 18.2 Å². The number of anilines is 3. The monoisotopic (exact) mass is 486 g/mol. The smallest absolute Gasteiger partial charge is 0.337 e. The van der Waals surface area contributed by atoms with Crippen molar-refractivity contribution in [2.24, 2.45) is 0 Å². The van der Waals surface area contributed by atoms with Crippen LogP contribution in [0.15, 0.2) is 60.9 Å². The molecule has 2 N–H and O–H groups in total. The number of carboxylic acid groups (broad SMARTS) is 1. The minimum absolute atomic E-state index is 0.147. The summed E-state index contributed by atoms with van der Waals surface area (Å²) >= 11 is 0. The van der Waals surface area contributed by atoms with Gasteiger partial charge < -0.3 is 20.1 Å². The van der Waals surface area contributed by atoms with Crippen LogP contribution in [-0.4, -0.2) is 61.4 Å². The van der Waals surface area contributed by atoms with Crippen molar-refractivity contribution in [3.63, 3.8) is 0 Å². The van der Waals surface area contributed by atoms with Crippen molar-refractivity contribution in [2.45, 2.75) is 31.2 Å². The molecule has 1 fully saturated rings. The van der Waals surface area contributed by atoms with Gasteiger partial charge in [0.1, 0.15) is 0 Å². The van der Waals surface area contributed by atoms with Gasteiger partial charge in [-0.3, -0.25) is 9.88 Å². The largest absolute Gasteiger partial charge is 0.478 e. The normalized spacial score (nSPS) is 18.4. The number of nitrogens with one attached hydrogen (secondary N) is 1. The summed E-state index contributed by atoms with van der Waals surface area (Å²) in [5.74, 6) is -0.353. The van der Waals surface area contributed by atoms with Crippen LogP contribution in [0.1, 0.15) is 51.8 Å². The second-order valence-corrected chi connectivity index (χ2v) is 9.77. The first-order valence-corrected chi connectivity index (χ1v) is 12.7. The van der Waals surface area contributed by atoms with E-state index in [4.69, 9.17) is 4.74 Å². The highest BCUT2D eigenvalue weighted by Gasteiger charge is 2.26. The molecule has 1 saturated heterocycles. The molecule has 0 bridgehead atoms. The number of aromatic carboxylic acids is 1. The third-order valence-corrected chi connectivity index (χ3v) is 7.65. The van der Waals surface area contributed by atoms with Gasteiger partial charge in [0.15, 0.2) is 0 Å². The van der Waals surface area contributed by atoms with E-state index in [0.29, 0.717) is 18.2 Å². The Labute approximate surface area is 212 Å². The molecule has 0 spiro atoms. The number of rotatable bonds is 7. The maximum Gasteiger partial charge on any atom is 0.337 e. The van der Waals surface area contributed by atoms with Gasteiger partial charge >= 0.3 is 5.97 Å². The van der Waals surface area contributed by atoms with Crippen LogP contribution >= 0.6 is 0 Å². The Morgan fingerprint density at radius 3 is 2.64 bits per heavy atom. The number of likely N-dealkylation sites (N-methyl/N-ethyl adjacent to an activating group) is 1. The fourth-order valence-electron chi connectivity index (χ4n) is 5.38. The van der Waals surface area contributed by atoms with Gasteiger partial charge in [-0.25, -0.2) is 4.79 Å². The highest BCUT2D eigenvalue weighted by molar-refractivity contribution is 5.93. The number of ether oxygens (including phenoxy) is 1. The molecule has 0 aliphatic carbocycles. The van der Waals surface area contributed by atoms with E-state index in [1.165, 1.54) is 40.3 Å². The average molecular weight is 487 g/mol. The predicted molar refractivity (Wildman–Crippen MR) is 143 cm³/mol. The van der Waals surface area contributed by atoms with E-state index >= 15 is 0 Å². The highest BCUT2D eigenvalue weighted by atomic mass is 16.5. The second kappa shape index (κ2) is 10.7. The lowest BCUT2D eigenvalue weighted by Crippen LogP contribution is -2.36. The lowest BCUT2D eigenvalue weighted by atomic mass is 9.91. The van der Waals surface area contributed by atoms with Crippen LogP contribution in [0.2, 0.25) is 0 Å². The zero-order chi connectivity index (χ0) is 25.1. The molecular weight excluding hydrogens is 452 g/mol. The molecule has 0 amide bonds. The summed E-state index contributed by atoms with van der Waals surface area (Å²) in [5, 5.41) is 12.8. The van der Waals surface area contributed by atoms with Crippen molar-refractivity contribution in [1.29, 1.82) is 0 Å². The first kappa shape index (κ1) is 24.3. The Morgan fingerprint density at radius 1 is 1.14 bits per heavy atom. The van der Waals surface area contributed by atoms with Gasteiger partial charge in [-0.05, 0) is 79.3 Å². The number of benzene rings is 2. The molecule has 3 aromatic rings. The fraction of sp³-hybridized carbons (Fsp3) is 0.379. The molecule has 2 aliphatic heterocycles. The molecule has 7 nitrogen and oxygen atoms in total. The van der Waals surface area contributed by atoms with Crippen LogP contribution in [0.4, 0.5) is 17.1 Å². The van der Waals surface area contributed by atoms with Gasteiger partial charge in [0, 0.05) is 50.9 Å². The zero-order valence-electron chi connectivity index (χ0n) is 21.0. The van der Waals surface area contributed by atoms with Crippen molar-refractivity contribution >= 4 is 23.0 Å². The van der Waals surface area contributed by atoms with E-state index in [2.05, 4.69) is 76.7 Å². The minimum atomic E-state index is -0.953. The minimum Gasteiger partial charge on any atom is -0.478 e. The molecule has 5 rings (SSSR count). The van der Waals surface area contributed by atoms with Crippen LogP contribution in [-0.2, 0) is 11.2 Å². The number of hydrogen-bond donors (Lipinski definition) is 2. The number of aromatic nitrogens is 1. The van der Waals surface area contributed by atoms with Crippen molar-refractivity contribution < 1.29 is 14.6 Å². The predicted octanol–water partition coefficient (Wildman–Crippen LogP) is 5.08. The Morgan fingerprint density at radius 2 is 1.89 bits per heavy atom. The zero-order valence-corrected chi connectivity index (χ0v) is 21.0. The fourth-order valence-corrected chi connectivity index (χ4v) is 5.38. The Kier molecular flexibility index (Phi) is 7.20. The second-order valence-electron chi connectivity index (χ2n) is 9.77. The van der Waals surface area contributed by atoms with Crippen LogP contribution in [0.3, 0.4) is 0 Å². The number of hydrogen-bond acceptors (Lipinski definition) is 6. The Balaban J connectivity index is 1.31. The first-order valence-electron chi connectivity index (χ1n) is 12.7. The molecule has 1 atom stereocenters. The van der Waals surface area contributed by atoms with Crippen LogP contribution in [0.5, 0.6) is 0 Å². The molecule has 3 heterocycles. The van der Waals surface area contributed by atoms with E-state index in [9.17, 15) is 9.90 Å². The average Bonchev–Trinajstić information content (AvgIpc) is 2.92. The van der Waals surface area contributed by atoms with Crippen molar-refractivity contribution in [3.8, 4) is 0 Å². The molecule has 1 aromatic heterocycles. The van der Waals surface area contributed by atoms with E-state index in [0.717, 1.165) is 39.0 Å². The summed E-state index contributed by atoms with van der Waals surface area (Å²) in [4.78, 5) is 20.2. The van der Waals surface area contributed by atoms with Gasteiger partial charge in [0.25, 0.3) is 0 Å². The van der Waals surface area contributed by atoms with Gasteiger partial charge in [-0.2, -0.15) is 0 Å². The lowest BCUT2D eigenvalue weighted by molar-refractivity contribution is 0.0697. The molecule has 7 heteroatoms. The summed E-state index contributed by atoms with van der Waals surface area (Å²) in [5.41, 5.74) is 7.16. The van der Waals surface area contributed by atoms with Gasteiger partial charge in [0.05, 0.1) is 23.5 Å². The third-order valence-electron chi connectivity index (χ3n) is 7.65. The lowest BCUT2D eigenvalue weighted by Gasteiger charge is -2.36. The maximum atomic E-state index is 11.6. The maximum absolute atomic E-state index is 11.6. The number of nitrogens with zero attached hydrogens (tertiary/aromatic N) is 3. The molecule has 0 radical (unpaired) electrons. The number of carbonyl (C=O) groups is 1. The molecule has 2 aliphatic rings. The Hall–Kier alpha value is -3.42. The van der Waals surface area contributed by atoms with Crippen molar-refractivity contribution in [1.82, 2.24) is 9.88 Å². The first-order chi connectivity index (χ1) is 17.5. The quantitative estimate of drug-likeness (QED) is 0.482. The summed E-state index contributed by atoms with van der Waals surface area (Å²) in [7, 11) is 4.24. The number of fused-ring (bicyclic) bond motifs is 1. The molecular formula is C29H34N4O3. The van der Waals surface area contributed by atoms with E-state index in [-0.39, 0.29) is 11.6 Å². The number of carboxylic acids is 1. The molecule has 2 aromatic carbocycles. The summed E-state index contributed by atoms with van der Waals surface area (Å²) in [6, 6.07) is 17.4. The standard InChI is InChI=1S/C29H34N4O3/c1-32-14-10-22-17-24(33(2)23-5-3-20(4-6-23)21-11-15-36-16-12-21)7-8-25(22)28(32)19-31-27-18-30-13-9-26(27)29(34)35/h3-9,13,17-18,21,28,31H,10-12,14-16,19H2,1-2H3,(H,34,35). The molecule has 1 unspecified atom stereocenters. The van der Waals surface area contributed by atoms with Gasteiger partial charge in [-0.15, -0.1) is 0 Å². The van der Waals surface area contributed by atoms with Crippen LogP contribution < -0.4 is 10.2 Å². The van der Waals surface area contributed by atoms with Crippen molar-refractivity contribution in [2.75, 3.05) is 50.6 Å². The number of pyridine rings is 1. The van der Waals surface area contributed by atoms with E-state index in [1.807, 2.05) is 0 Å². The molecule has 188 valence electrons.